The van der Waals surface area contributed by atoms with E-state index in [1.807, 2.05) is 19.9 Å². The molecule has 1 rings (SSSR count). The van der Waals surface area contributed by atoms with Crippen molar-refractivity contribution in [2.45, 2.75) is 142 Å². The first-order valence-corrected chi connectivity index (χ1v) is 16.4. The molecular weight excluding hydrogens is 457 g/mol. The molecule has 0 aliphatic carbocycles. The van der Waals surface area contributed by atoms with Gasteiger partial charge < -0.3 is 0 Å². The normalized spacial score (nSPS) is 16.5. The van der Waals surface area contributed by atoms with E-state index in [9.17, 15) is 4.57 Å². The van der Waals surface area contributed by atoms with Crippen LogP contribution in [0.15, 0.2) is 12.7 Å². The second kappa shape index (κ2) is 25.5. The molecule has 1 aliphatic heterocycles. The van der Waals surface area contributed by atoms with Crippen LogP contribution in [-0.2, 0) is 18.1 Å². The van der Waals surface area contributed by atoms with E-state index >= 15 is 0 Å². The SMILES string of the molecule is C=CCN1CCC(OP(=O)(OC)OCCCCCCCCCCCCCCCCCC)CC1.CC. The molecule has 0 N–H and O–H groups in total. The number of likely N-dealkylation sites (tertiary alicyclic amines) is 1. The van der Waals surface area contributed by atoms with Gasteiger partial charge in [0.25, 0.3) is 0 Å². The van der Waals surface area contributed by atoms with E-state index in [2.05, 4.69) is 18.4 Å². The van der Waals surface area contributed by atoms with E-state index in [0.717, 1.165) is 45.3 Å². The summed E-state index contributed by atoms with van der Waals surface area (Å²) in [5.74, 6) is 0. The van der Waals surface area contributed by atoms with E-state index in [-0.39, 0.29) is 6.10 Å². The molecule has 1 aliphatic rings. The minimum atomic E-state index is -3.43. The van der Waals surface area contributed by atoms with Crippen molar-refractivity contribution in [3.05, 3.63) is 12.7 Å². The predicted octanol–water partition coefficient (Wildman–Crippen LogP) is 9.71. The summed E-state index contributed by atoms with van der Waals surface area (Å²) in [5.41, 5.74) is 0. The summed E-state index contributed by atoms with van der Waals surface area (Å²) in [4.78, 5) is 2.32. The molecule has 0 spiro atoms. The summed E-state index contributed by atoms with van der Waals surface area (Å²) < 4.78 is 29.1. The summed E-state index contributed by atoms with van der Waals surface area (Å²) in [6.45, 7) is 13.3. The van der Waals surface area contributed by atoms with E-state index < -0.39 is 7.82 Å². The molecule has 0 amide bonds. The highest BCUT2D eigenvalue weighted by Gasteiger charge is 2.31. The standard InChI is InChI=1S/C27H54NO4P.C2H6/c1-4-6-7-8-9-10-11-12-13-14-15-16-17-18-19-20-26-31-33(29,30-3)32-27-21-24-28(23-5-2)25-22-27;1-2/h5,27H,2,4,6-26H2,1,3H3;1-2H3. The summed E-state index contributed by atoms with van der Waals surface area (Å²) in [7, 11) is -2.01. The molecule has 1 unspecified atom stereocenters. The number of phosphoric acid groups is 1. The quantitative estimate of drug-likeness (QED) is 0.0767. The molecular formula is C29H60NO4P. The second-order valence-electron chi connectivity index (χ2n) is 9.66. The highest BCUT2D eigenvalue weighted by Crippen LogP contribution is 2.50. The Morgan fingerprint density at radius 2 is 1.23 bits per heavy atom. The van der Waals surface area contributed by atoms with Crippen molar-refractivity contribution >= 4 is 7.82 Å². The Morgan fingerprint density at radius 3 is 1.63 bits per heavy atom. The summed E-state index contributed by atoms with van der Waals surface area (Å²) in [6.07, 6.45) is 24.9. The number of nitrogens with zero attached hydrogens (tertiary/aromatic N) is 1. The molecule has 1 saturated heterocycles. The van der Waals surface area contributed by atoms with Gasteiger partial charge in [-0.05, 0) is 19.3 Å². The predicted molar refractivity (Wildman–Crippen MR) is 152 cm³/mol. The van der Waals surface area contributed by atoms with Crippen LogP contribution in [-0.4, -0.2) is 44.4 Å². The fraction of sp³-hybridized carbons (Fsp3) is 0.931. The Balaban J connectivity index is 0.00000562. The monoisotopic (exact) mass is 517 g/mol. The number of unbranched alkanes of at least 4 members (excludes halogenated alkanes) is 15. The van der Waals surface area contributed by atoms with Crippen molar-refractivity contribution in [3.63, 3.8) is 0 Å². The van der Waals surface area contributed by atoms with Gasteiger partial charge in [0.15, 0.2) is 0 Å². The molecule has 6 heteroatoms. The molecule has 210 valence electrons. The van der Waals surface area contributed by atoms with Crippen LogP contribution in [0.1, 0.15) is 136 Å². The highest BCUT2D eigenvalue weighted by atomic mass is 31.2. The van der Waals surface area contributed by atoms with E-state index in [0.29, 0.717) is 6.61 Å². The van der Waals surface area contributed by atoms with Gasteiger partial charge in [-0.2, -0.15) is 0 Å². The Hall–Kier alpha value is -0.190. The van der Waals surface area contributed by atoms with Crippen LogP contribution in [0.25, 0.3) is 0 Å². The van der Waals surface area contributed by atoms with Crippen molar-refractivity contribution in [1.82, 2.24) is 4.90 Å². The molecule has 1 atom stereocenters. The first-order chi connectivity index (χ1) is 17.1. The van der Waals surface area contributed by atoms with E-state index in [1.54, 1.807) is 0 Å². The third-order valence-corrected chi connectivity index (χ3v) is 8.17. The lowest BCUT2D eigenvalue weighted by Gasteiger charge is -2.32. The molecule has 35 heavy (non-hydrogen) atoms. The minimum Gasteiger partial charge on any atom is -0.300 e. The average Bonchev–Trinajstić information content (AvgIpc) is 2.88. The highest BCUT2D eigenvalue weighted by molar-refractivity contribution is 7.48. The fourth-order valence-electron chi connectivity index (χ4n) is 4.52. The average molecular weight is 518 g/mol. The van der Waals surface area contributed by atoms with Gasteiger partial charge in [-0.15, -0.1) is 6.58 Å². The number of piperidine rings is 1. The summed E-state index contributed by atoms with van der Waals surface area (Å²) in [6, 6.07) is 0. The van der Waals surface area contributed by atoms with Crippen molar-refractivity contribution < 1.29 is 18.1 Å². The van der Waals surface area contributed by atoms with Crippen molar-refractivity contribution in [2.75, 3.05) is 33.4 Å². The molecule has 1 heterocycles. The van der Waals surface area contributed by atoms with Crippen LogP contribution in [0.3, 0.4) is 0 Å². The van der Waals surface area contributed by atoms with E-state index in [1.165, 1.54) is 97.0 Å². The molecule has 0 radical (unpaired) electrons. The molecule has 5 nitrogen and oxygen atoms in total. The van der Waals surface area contributed by atoms with Crippen LogP contribution >= 0.6 is 7.82 Å². The van der Waals surface area contributed by atoms with Gasteiger partial charge in [-0.1, -0.05) is 123 Å². The van der Waals surface area contributed by atoms with Crippen LogP contribution < -0.4 is 0 Å². The largest absolute Gasteiger partial charge is 0.474 e. The smallest absolute Gasteiger partial charge is 0.300 e. The number of phosphoric ester groups is 1. The van der Waals surface area contributed by atoms with Crippen molar-refractivity contribution in [3.8, 4) is 0 Å². The van der Waals surface area contributed by atoms with Crippen LogP contribution in [0, 0.1) is 0 Å². The molecule has 0 saturated carbocycles. The summed E-state index contributed by atoms with van der Waals surface area (Å²) >= 11 is 0. The topological polar surface area (TPSA) is 48.0 Å². The maximum atomic E-state index is 12.7. The number of hydrogen-bond donors (Lipinski definition) is 0. The minimum absolute atomic E-state index is 0.0531. The third-order valence-electron chi connectivity index (χ3n) is 6.67. The van der Waals surface area contributed by atoms with Gasteiger partial charge in [-0.25, -0.2) is 4.57 Å². The van der Waals surface area contributed by atoms with Gasteiger partial charge in [0.1, 0.15) is 0 Å². The van der Waals surface area contributed by atoms with Crippen LogP contribution in [0.4, 0.5) is 0 Å². The zero-order valence-corrected chi connectivity index (χ0v) is 24.8. The second-order valence-corrected chi connectivity index (χ2v) is 11.4. The Morgan fingerprint density at radius 1 is 0.800 bits per heavy atom. The van der Waals surface area contributed by atoms with Gasteiger partial charge in [0.05, 0.1) is 12.7 Å². The zero-order chi connectivity index (χ0) is 26.0. The third kappa shape index (κ3) is 20.5. The molecule has 1 fully saturated rings. The lowest BCUT2D eigenvalue weighted by atomic mass is 10.0. The van der Waals surface area contributed by atoms with Crippen LogP contribution in [0.2, 0.25) is 0 Å². The summed E-state index contributed by atoms with van der Waals surface area (Å²) in [5, 5.41) is 0. The maximum Gasteiger partial charge on any atom is 0.474 e. The van der Waals surface area contributed by atoms with Crippen molar-refractivity contribution in [1.29, 1.82) is 0 Å². The van der Waals surface area contributed by atoms with Gasteiger partial charge in [-0.3, -0.25) is 18.5 Å². The lowest BCUT2D eigenvalue weighted by Crippen LogP contribution is -2.36. The fourth-order valence-corrected chi connectivity index (χ4v) is 5.70. The number of hydrogen-bond acceptors (Lipinski definition) is 5. The zero-order valence-electron chi connectivity index (χ0n) is 23.9. The number of rotatable bonds is 23. The Kier molecular flexibility index (Phi) is 25.3. The maximum absolute atomic E-state index is 12.7. The lowest BCUT2D eigenvalue weighted by molar-refractivity contribution is 0.0527. The Labute approximate surface area is 219 Å². The Bertz CT molecular complexity index is 495. The first-order valence-electron chi connectivity index (χ1n) is 15.0. The molecule has 0 bridgehead atoms. The van der Waals surface area contributed by atoms with Gasteiger partial charge >= 0.3 is 7.82 Å². The first kappa shape index (κ1) is 34.8. The van der Waals surface area contributed by atoms with Gasteiger partial charge in [0.2, 0.25) is 0 Å². The van der Waals surface area contributed by atoms with Gasteiger partial charge in [0, 0.05) is 26.7 Å². The van der Waals surface area contributed by atoms with Crippen molar-refractivity contribution in [2.24, 2.45) is 0 Å². The molecule has 0 aromatic rings. The van der Waals surface area contributed by atoms with E-state index in [4.69, 9.17) is 13.6 Å². The molecule has 0 aromatic carbocycles. The molecule has 0 aromatic heterocycles. The van der Waals surface area contributed by atoms with Crippen LogP contribution in [0.5, 0.6) is 0 Å².